The van der Waals surface area contributed by atoms with Gasteiger partial charge < -0.3 is 9.80 Å². The monoisotopic (exact) mass is 554 g/mol. The molecule has 1 aromatic heterocycles. The molecule has 1 amide bonds. The summed E-state index contributed by atoms with van der Waals surface area (Å²) < 4.78 is 28.3. The number of benzene rings is 3. The van der Waals surface area contributed by atoms with Crippen LogP contribution in [0, 0.1) is 6.92 Å². The average Bonchev–Trinajstić information content (AvgIpc) is 3.38. The van der Waals surface area contributed by atoms with E-state index in [2.05, 4.69) is 4.90 Å². The van der Waals surface area contributed by atoms with Crippen molar-refractivity contribution in [3.63, 3.8) is 0 Å². The Bertz CT molecular complexity index is 1490. The summed E-state index contributed by atoms with van der Waals surface area (Å²) in [4.78, 5) is 22.1. The van der Waals surface area contributed by atoms with Gasteiger partial charge in [0.15, 0.2) is 5.13 Å². The van der Waals surface area contributed by atoms with E-state index in [1.54, 1.807) is 35.4 Å². The van der Waals surface area contributed by atoms with Crippen molar-refractivity contribution in [1.29, 1.82) is 0 Å². The first-order chi connectivity index (χ1) is 17.7. The third-order valence-electron chi connectivity index (χ3n) is 6.58. The average molecular weight is 555 g/mol. The van der Waals surface area contributed by atoms with Gasteiger partial charge in [0.2, 0.25) is 10.0 Å². The molecule has 1 aliphatic heterocycles. The number of hydrogen-bond donors (Lipinski definition) is 0. The summed E-state index contributed by atoms with van der Waals surface area (Å²) in [6, 6.07) is 19.5. The van der Waals surface area contributed by atoms with E-state index in [-0.39, 0.29) is 17.3 Å². The summed E-state index contributed by atoms with van der Waals surface area (Å²) in [5.41, 5.74) is 3.40. The Labute approximate surface area is 226 Å². The number of rotatable bonds is 6. The molecule has 3 aromatic carbocycles. The van der Waals surface area contributed by atoms with Crippen LogP contribution >= 0.6 is 22.9 Å². The Morgan fingerprint density at radius 2 is 1.68 bits per heavy atom. The molecule has 192 valence electrons. The number of fused-ring (bicyclic) bond motifs is 1. The van der Waals surface area contributed by atoms with Crippen molar-refractivity contribution in [2.75, 3.05) is 38.1 Å². The van der Waals surface area contributed by atoms with E-state index in [1.807, 2.05) is 49.4 Å². The maximum Gasteiger partial charge on any atom is 0.253 e. The molecule has 4 aromatic rings. The van der Waals surface area contributed by atoms with Gasteiger partial charge in [0.25, 0.3) is 5.91 Å². The minimum atomic E-state index is -3.67. The molecular weight excluding hydrogens is 528 g/mol. The SMILES string of the molecule is Cc1ccc(Cl)c2sc(N3CCN(C(=O)c4ccc(S(=O)(=O)N(C)Cc5ccccc5)cc4)CC3)nc12. The summed E-state index contributed by atoms with van der Waals surface area (Å²) in [5, 5.41) is 1.61. The number of aryl methyl sites for hydroxylation is 1. The maximum absolute atomic E-state index is 13.1. The highest BCUT2D eigenvalue weighted by molar-refractivity contribution is 7.89. The first-order valence-electron chi connectivity index (χ1n) is 11.9. The van der Waals surface area contributed by atoms with Gasteiger partial charge in [-0.1, -0.05) is 59.3 Å². The number of sulfonamides is 1. The van der Waals surface area contributed by atoms with Gasteiger partial charge in [-0.05, 0) is 48.4 Å². The largest absolute Gasteiger partial charge is 0.345 e. The predicted octanol–water partition coefficient (Wildman–Crippen LogP) is 5.04. The minimum absolute atomic E-state index is 0.107. The first-order valence-corrected chi connectivity index (χ1v) is 14.6. The van der Waals surface area contributed by atoms with Crippen molar-refractivity contribution >= 4 is 54.2 Å². The highest BCUT2D eigenvalue weighted by Gasteiger charge is 2.26. The van der Waals surface area contributed by atoms with Gasteiger partial charge in [-0.25, -0.2) is 13.4 Å². The van der Waals surface area contributed by atoms with Crippen molar-refractivity contribution in [1.82, 2.24) is 14.2 Å². The lowest BCUT2D eigenvalue weighted by molar-refractivity contribution is 0.0746. The quantitative estimate of drug-likeness (QED) is 0.334. The third-order valence-corrected chi connectivity index (χ3v) is 9.97. The van der Waals surface area contributed by atoms with Crippen LogP contribution in [0.15, 0.2) is 71.6 Å². The molecule has 0 aliphatic carbocycles. The number of amides is 1. The molecule has 0 atom stereocenters. The Kier molecular flexibility index (Phi) is 7.22. The highest BCUT2D eigenvalue weighted by atomic mass is 35.5. The van der Waals surface area contributed by atoms with Gasteiger partial charge in [0, 0.05) is 45.3 Å². The van der Waals surface area contributed by atoms with Gasteiger partial charge >= 0.3 is 0 Å². The van der Waals surface area contributed by atoms with Crippen LogP contribution in [0.4, 0.5) is 5.13 Å². The van der Waals surface area contributed by atoms with Crippen LogP contribution in [-0.4, -0.2) is 61.7 Å². The lowest BCUT2D eigenvalue weighted by Gasteiger charge is -2.34. The minimum Gasteiger partial charge on any atom is -0.345 e. The molecule has 1 saturated heterocycles. The molecule has 0 spiro atoms. The third kappa shape index (κ3) is 5.22. The van der Waals surface area contributed by atoms with Gasteiger partial charge in [-0.15, -0.1) is 0 Å². The molecule has 1 fully saturated rings. The Balaban J connectivity index is 1.23. The number of halogens is 1. The fourth-order valence-electron chi connectivity index (χ4n) is 4.38. The van der Waals surface area contributed by atoms with E-state index in [0.29, 0.717) is 36.8 Å². The van der Waals surface area contributed by atoms with Gasteiger partial charge in [0.1, 0.15) is 0 Å². The Hall–Kier alpha value is -2.98. The fourth-order valence-corrected chi connectivity index (χ4v) is 6.91. The topological polar surface area (TPSA) is 73.8 Å². The van der Waals surface area contributed by atoms with Crippen LogP contribution in [0.25, 0.3) is 10.2 Å². The number of carbonyl (C=O) groups is 1. The summed E-state index contributed by atoms with van der Waals surface area (Å²) in [6.07, 6.45) is 0. The zero-order chi connectivity index (χ0) is 26.2. The molecule has 0 unspecified atom stereocenters. The standard InChI is InChI=1S/C27H27ClN4O3S2/c1-19-8-13-23(28)25-24(19)29-27(36-25)32-16-14-31(15-17-32)26(33)21-9-11-22(12-10-21)37(34,35)30(2)18-20-6-4-3-5-7-20/h3-13H,14-18H2,1-2H3. The lowest BCUT2D eigenvalue weighted by atomic mass is 10.2. The maximum atomic E-state index is 13.1. The molecule has 37 heavy (non-hydrogen) atoms. The lowest BCUT2D eigenvalue weighted by Crippen LogP contribution is -2.48. The number of carbonyl (C=O) groups excluding carboxylic acids is 1. The predicted molar refractivity (Wildman–Crippen MR) is 149 cm³/mol. The summed E-state index contributed by atoms with van der Waals surface area (Å²) in [6.45, 7) is 4.74. The molecule has 0 saturated carbocycles. The van der Waals surface area contributed by atoms with Crippen LogP contribution in [0.1, 0.15) is 21.5 Å². The van der Waals surface area contributed by atoms with Crippen molar-refractivity contribution in [3.8, 4) is 0 Å². The van der Waals surface area contributed by atoms with Crippen molar-refractivity contribution in [2.45, 2.75) is 18.4 Å². The van der Waals surface area contributed by atoms with Crippen molar-refractivity contribution < 1.29 is 13.2 Å². The second kappa shape index (κ2) is 10.4. The number of piperazine rings is 1. The van der Waals surface area contributed by atoms with Crippen LogP contribution < -0.4 is 4.90 Å². The van der Waals surface area contributed by atoms with Gasteiger partial charge in [-0.2, -0.15) is 4.31 Å². The van der Waals surface area contributed by atoms with Crippen LogP contribution in [-0.2, 0) is 16.6 Å². The molecule has 10 heteroatoms. The van der Waals surface area contributed by atoms with E-state index in [9.17, 15) is 13.2 Å². The number of nitrogens with zero attached hydrogens (tertiary/aromatic N) is 4. The van der Waals surface area contributed by atoms with E-state index in [4.69, 9.17) is 16.6 Å². The van der Waals surface area contributed by atoms with Crippen molar-refractivity contribution in [2.24, 2.45) is 0 Å². The van der Waals surface area contributed by atoms with E-state index in [0.717, 1.165) is 26.5 Å². The smallest absolute Gasteiger partial charge is 0.253 e. The normalized spacial score (nSPS) is 14.5. The highest BCUT2D eigenvalue weighted by Crippen LogP contribution is 2.36. The molecule has 1 aliphatic rings. The molecule has 7 nitrogen and oxygen atoms in total. The van der Waals surface area contributed by atoms with E-state index < -0.39 is 10.0 Å². The van der Waals surface area contributed by atoms with Crippen LogP contribution in [0.2, 0.25) is 5.02 Å². The molecule has 0 radical (unpaired) electrons. The number of hydrogen-bond acceptors (Lipinski definition) is 6. The number of anilines is 1. The Morgan fingerprint density at radius 1 is 1.00 bits per heavy atom. The fraction of sp³-hybridized carbons (Fsp3) is 0.259. The second-order valence-electron chi connectivity index (χ2n) is 9.09. The van der Waals surface area contributed by atoms with Gasteiger partial charge in [0.05, 0.1) is 20.1 Å². The Morgan fingerprint density at radius 3 is 2.32 bits per heavy atom. The molecule has 5 rings (SSSR count). The summed E-state index contributed by atoms with van der Waals surface area (Å²) in [5.74, 6) is -0.107. The van der Waals surface area contributed by atoms with Crippen LogP contribution in [0.3, 0.4) is 0 Å². The van der Waals surface area contributed by atoms with Crippen molar-refractivity contribution in [3.05, 3.63) is 88.4 Å². The second-order valence-corrected chi connectivity index (χ2v) is 12.5. The molecular formula is C27H27ClN4O3S2. The zero-order valence-electron chi connectivity index (χ0n) is 20.6. The van der Waals surface area contributed by atoms with E-state index >= 15 is 0 Å². The summed E-state index contributed by atoms with van der Waals surface area (Å²) in [7, 11) is -2.12. The molecule has 0 N–H and O–H groups in total. The first kappa shape index (κ1) is 25.7. The molecule has 2 heterocycles. The summed E-state index contributed by atoms with van der Waals surface area (Å²) >= 11 is 7.94. The van der Waals surface area contributed by atoms with E-state index in [1.165, 1.54) is 16.4 Å². The number of thiazole rings is 1. The van der Waals surface area contributed by atoms with Crippen LogP contribution in [0.5, 0.6) is 0 Å². The molecule has 0 bridgehead atoms. The zero-order valence-corrected chi connectivity index (χ0v) is 23.0. The number of aromatic nitrogens is 1. The van der Waals surface area contributed by atoms with Gasteiger partial charge in [-0.3, -0.25) is 4.79 Å².